The van der Waals surface area contributed by atoms with E-state index < -0.39 is 11.9 Å². The van der Waals surface area contributed by atoms with Crippen LogP contribution in [-0.2, 0) is 20.7 Å². The number of aliphatic carboxylic acids is 1. The number of rotatable bonds is 9. The topological polar surface area (TPSA) is 75.6 Å². The van der Waals surface area contributed by atoms with Crippen molar-refractivity contribution >= 4 is 17.6 Å². The van der Waals surface area contributed by atoms with Gasteiger partial charge in [-0.2, -0.15) is 0 Å². The minimum atomic E-state index is -0.802. The fraction of sp³-hybridized carbons (Fsp3) is 0.500. The maximum Gasteiger partial charge on any atom is 0.306 e. The Balaban J connectivity index is 2.40. The van der Waals surface area contributed by atoms with Gasteiger partial charge in [-0.05, 0) is 37.0 Å². The van der Waals surface area contributed by atoms with E-state index in [4.69, 9.17) is 9.84 Å². The van der Waals surface area contributed by atoms with E-state index in [1.807, 2.05) is 12.1 Å². The first kappa shape index (κ1) is 17.2. The fourth-order valence-electron chi connectivity index (χ4n) is 1.92. The Kier molecular flexibility index (Phi) is 7.46. The van der Waals surface area contributed by atoms with Crippen molar-refractivity contribution in [2.24, 2.45) is 5.92 Å². The van der Waals surface area contributed by atoms with Crippen LogP contribution in [0.25, 0.3) is 0 Å². The summed E-state index contributed by atoms with van der Waals surface area (Å²) in [6, 6.07) is 7.30. The van der Waals surface area contributed by atoms with Crippen LogP contribution in [0, 0.1) is 5.92 Å². The highest BCUT2D eigenvalue weighted by Gasteiger charge is 2.11. The van der Waals surface area contributed by atoms with Gasteiger partial charge in [-0.3, -0.25) is 9.59 Å². The predicted molar refractivity (Wildman–Crippen MR) is 81.3 cm³/mol. The maximum atomic E-state index is 11.7. The number of benzene rings is 1. The monoisotopic (exact) mass is 293 g/mol. The van der Waals surface area contributed by atoms with Crippen LogP contribution in [0.1, 0.15) is 31.7 Å². The number of hydrogen-bond acceptors (Lipinski definition) is 3. The number of unbranched alkanes of at least 4 members (excludes halogenated alkanes) is 1. The molecule has 2 N–H and O–H groups in total. The lowest BCUT2D eigenvalue weighted by Crippen LogP contribution is -2.13. The van der Waals surface area contributed by atoms with E-state index in [0.717, 1.165) is 24.1 Å². The molecule has 21 heavy (non-hydrogen) atoms. The van der Waals surface area contributed by atoms with Crippen LogP contribution in [0.3, 0.4) is 0 Å². The van der Waals surface area contributed by atoms with Crippen molar-refractivity contribution in [3.8, 4) is 0 Å². The molecule has 0 bridgehead atoms. The molecule has 1 unspecified atom stereocenters. The Hall–Kier alpha value is -1.88. The second kappa shape index (κ2) is 9.13. The number of nitrogens with one attached hydrogen (secondary N) is 1. The Morgan fingerprint density at radius 2 is 1.90 bits per heavy atom. The summed E-state index contributed by atoms with van der Waals surface area (Å²) in [5.41, 5.74) is 1.68. The highest BCUT2D eigenvalue weighted by molar-refractivity contribution is 5.90. The summed E-state index contributed by atoms with van der Waals surface area (Å²) < 4.78 is 4.93. The van der Waals surface area contributed by atoms with Crippen LogP contribution in [0.15, 0.2) is 24.3 Å². The number of methoxy groups -OCH3 is 1. The fourth-order valence-corrected chi connectivity index (χ4v) is 1.92. The predicted octanol–water partition coefficient (Wildman–Crippen LogP) is 2.71. The third-order valence-electron chi connectivity index (χ3n) is 3.20. The van der Waals surface area contributed by atoms with Crippen LogP contribution in [0.4, 0.5) is 5.69 Å². The van der Waals surface area contributed by atoms with Gasteiger partial charge >= 0.3 is 5.97 Å². The summed E-state index contributed by atoms with van der Waals surface area (Å²) in [6.07, 6.45) is 2.63. The molecule has 1 aromatic rings. The highest BCUT2D eigenvalue weighted by Crippen LogP contribution is 2.14. The number of carbonyl (C=O) groups is 2. The van der Waals surface area contributed by atoms with E-state index in [9.17, 15) is 9.59 Å². The number of anilines is 1. The van der Waals surface area contributed by atoms with Crippen LogP contribution in [0.5, 0.6) is 0 Å². The van der Waals surface area contributed by atoms with E-state index in [-0.39, 0.29) is 5.91 Å². The first-order valence-electron chi connectivity index (χ1n) is 7.13. The molecule has 0 aromatic heterocycles. The number of carboxylic acids is 1. The summed E-state index contributed by atoms with van der Waals surface area (Å²) in [5, 5.41) is 11.7. The Bertz CT molecular complexity index is 456. The Morgan fingerprint density at radius 3 is 2.48 bits per heavy atom. The van der Waals surface area contributed by atoms with Gasteiger partial charge in [0.25, 0.3) is 0 Å². The minimum Gasteiger partial charge on any atom is -0.481 e. The molecular weight excluding hydrogens is 270 g/mol. The lowest BCUT2D eigenvalue weighted by atomic mass is 10.0. The van der Waals surface area contributed by atoms with Crippen molar-refractivity contribution in [3.05, 3.63) is 29.8 Å². The van der Waals surface area contributed by atoms with Gasteiger partial charge in [-0.1, -0.05) is 19.1 Å². The van der Waals surface area contributed by atoms with Crippen molar-refractivity contribution in [2.45, 2.75) is 32.6 Å². The zero-order valence-electron chi connectivity index (χ0n) is 12.6. The average Bonchev–Trinajstić information content (AvgIpc) is 2.45. The molecule has 1 rings (SSSR count). The molecule has 1 aromatic carbocycles. The molecule has 5 nitrogen and oxygen atoms in total. The zero-order valence-corrected chi connectivity index (χ0v) is 12.6. The molecule has 0 radical (unpaired) electrons. The van der Waals surface area contributed by atoms with Gasteiger partial charge in [-0.25, -0.2) is 0 Å². The lowest BCUT2D eigenvalue weighted by molar-refractivity contribution is -0.141. The maximum absolute atomic E-state index is 11.7. The molecule has 0 aliphatic rings. The van der Waals surface area contributed by atoms with Gasteiger partial charge < -0.3 is 15.2 Å². The molecule has 0 heterocycles. The molecule has 1 amide bonds. The van der Waals surface area contributed by atoms with Crippen molar-refractivity contribution in [2.75, 3.05) is 19.0 Å². The standard InChI is InChI=1S/C16H23NO4/c1-12(16(19)20)11-13-6-8-14(9-7-13)17-15(18)5-3-4-10-21-2/h6-9,12H,3-5,10-11H2,1-2H3,(H,17,18)(H,19,20). The van der Waals surface area contributed by atoms with Gasteiger partial charge in [0, 0.05) is 25.8 Å². The van der Waals surface area contributed by atoms with Crippen molar-refractivity contribution in [3.63, 3.8) is 0 Å². The van der Waals surface area contributed by atoms with E-state index in [0.29, 0.717) is 19.4 Å². The molecule has 0 saturated heterocycles. The zero-order chi connectivity index (χ0) is 15.7. The molecule has 5 heteroatoms. The lowest BCUT2D eigenvalue weighted by Gasteiger charge is -2.08. The van der Waals surface area contributed by atoms with E-state index >= 15 is 0 Å². The van der Waals surface area contributed by atoms with E-state index in [1.165, 1.54) is 0 Å². The molecule has 0 fully saturated rings. The van der Waals surface area contributed by atoms with E-state index in [1.54, 1.807) is 26.2 Å². The number of carboxylic acid groups (broad SMARTS) is 1. The van der Waals surface area contributed by atoms with Gasteiger partial charge in [0.1, 0.15) is 0 Å². The summed E-state index contributed by atoms with van der Waals surface area (Å²) in [7, 11) is 1.65. The van der Waals surface area contributed by atoms with Gasteiger partial charge in [-0.15, -0.1) is 0 Å². The molecule has 0 spiro atoms. The molecule has 1 atom stereocenters. The first-order valence-corrected chi connectivity index (χ1v) is 7.13. The number of carbonyl (C=O) groups excluding carboxylic acids is 1. The third kappa shape index (κ3) is 6.90. The first-order chi connectivity index (χ1) is 10.0. The highest BCUT2D eigenvalue weighted by atomic mass is 16.5. The summed E-state index contributed by atoms with van der Waals surface area (Å²) in [4.78, 5) is 22.5. The SMILES string of the molecule is COCCCCC(=O)Nc1ccc(CC(C)C(=O)O)cc1. The van der Waals surface area contributed by atoms with Crippen molar-refractivity contribution in [1.82, 2.24) is 0 Å². The van der Waals surface area contributed by atoms with Gasteiger partial charge in [0.05, 0.1) is 5.92 Å². The number of amides is 1. The number of hydrogen-bond donors (Lipinski definition) is 2. The summed E-state index contributed by atoms with van der Waals surface area (Å²) in [6.45, 7) is 2.35. The van der Waals surface area contributed by atoms with Crippen LogP contribution in [-0.4, -0.2) is 30.7 Å². The third-order valence-corrected chi connectivity index (χ3v) is 3.20. The second-order valence-corrected chi connectivity index (χ2v) is 5.14. The normalized spacial score (nSPS) is 11.9. The van der Waals surface area contributed by atoms with E-state index in [2.05, 4.69) is 5.32 Å². The Labute approximate surface area is 125 Å². The van der Waals surface area contributed by atoms with Crippen molar-refractivity contribution < 1.29 is 19.4 Å². The largest absolute Gasteiger partial charge is 0.481 e. The van der Waals surface area contributed by atoms with Crippen LogP contribution in [0.2, 0.25) is 0 Å². The van der Waals surface area contributed by atoms with Crippen LogP contribution < -0.4 is 5.32 Å². The van der Waals surface area contributed by atoms with Gasteiger partial charge in [0.2, 0.25) is 5.91 Å². The number of ether oxygens (including phenoxy) is 1. The summed E-state index contributed by atoms with van der Waals surface area (Å²) in [5.74, 6) is -1.23. The minimum absolute atomic E-state index is 0.0160. The smallest absolute Gasteiger partial charge is 0.306 e. The molecular formula is C16H23NO4. The van der Waals surface area contributed by atoms with Gasteiger partial charge in [0.15, 0.2) is 0 Å². The Morgan fingerprint density at radius 1 is 1.24 bits per heavy atom. The quantitative estimate of drug-likeness (QED) is 0.686. The molecule has 0 aliphatic carbocycles. The molecule has 116 valence electrons. The molecule has 0 aliphatic heterocycles. The van der Waals surface area contributed by atoms with Crippen molar-refractivity contribution in [1.29, 1.82) is 0 Å². The average molecular weight is 293 g/mol. The second-order valence-electron chi connectivity index (χ2n) is 5.14. The summed E-state index contributed by atoms with van der Waals surface area (Å²) >= 11 is 0. The molecule has 0 saturated carbocycles. The van der Waals surface area contributed by atoms with Crippen LogP contribution >= 0.6 is 0 Å².